The zero-order valence-corrected chi connectivity index (χ0v) is 13.8. The fourth-order valence-corrected chi connectivity index (χ4v) is 1.60. The van der Waals surface area contributed by atoms with Gasteiger partial charge >= 0.3 is 0 Å². The lowest BCUT2D eigenvalue weighted by atomic mass is 10.1. The molecule has 0 aromatic carbocycles. The van der Waals surface area contributed by atoms with Gasteiger partial charge in [0.1, 0.15) is 0 Å². The molecule has 0 aliphatic rings. The average Bonchev–Trinajstić information content (AvgIpc) is 2.41. The van der Waals surface area contributed by atoms with Gasteiger partial charge in [-0.05, 0) is 12.8 Å². The van der Waals surface area contributed by atoms with E-state index in [1.54, 1.807) is 0 Å². The number of thiol groups is 2. The Bertz CT molecular complexity index is 147. The van der Waals surface area contributed by atoms with E-state index in [2.05, 4.69) is 38.8 Å². The van der Waals surface area contributed by atoms with E-state index >= 15 is 0 Å². The summed E-state index contributed by atoms with van der Waals surface area (Å²) in [6, 6.07) is 0. The molecule has 3 heteroatoms. The molecule has 0 aliphatic heterocycles. The van der Waals surface area contributed by atoms with Gasteiger partial charge in [0, 0.05) is 11.0 Å². The molecule has 0 spiro atoms. The number of allylic oxidation sites excluding steroid dienone is 1. The van der Waals surface area contributed by atoms with Gasteiger partial charge in [0.25, 0.3) is 0 Å². The Labute approximate surface area is 125 Å². The average molecular weight is 293 g/mol. The molecule has 1 nitrogen and oxygen atoms in total. The summed E-state index contributed by atoms with van der Waals surface area (Å²) < 4.78 is 0. The summed E-state index contributed by atoms with van der Waals surface area (Å²) in [6.45, 7) is 6.10. The third kappa shape index (κ3) is 21.7. The molecule has 0 radical (unpaired) electrons. The maximum absolute atomic E-state index is 8.21. The Balaban J connectivity index is 0. The normalized spacial score (nSPS) is 11.6. The van der Waals surface area contributed by atoms with Crippen molar-refractivity contribution in [1.29, 1.82) is 0 Å². The van der Waals surface area contributed by atoms with Crippen LogP contribution in [0.15, 0.2) is 12.7 Å². The zero-order chi connectivity index (χ0) is 14.1. The molecule has 0 rings (SSSR count). The van der Waals surface area contributed by atoms with Gasteiger partial charge in [-0.1, -0.05) is 57.9 Å². The Morgan fingerprint density at radius 3 is 1.89 bits per heavy atom. The van der Waals surface area contributed by atoms with Gasteiger partial charge in [-0.15, -0.1) is 6.58 Å². The number of rotatable bonds is 11. The molecule has 0 amide bonds. The van der Waals surface area contributed by atoms with Crippen LogP contribution in [-0.4, -0.2) is 22.7 Å². The lowest BCUT2D eigenvalue weighted by molar-refractivity contribution is 0.302. The molecule has 0 saturated carbocycles. The zero-order valence-electron chi connectivity index (χ0n) is 12.0. The Kier molecular flexibility index (Phi) is 22.7. The standard InChI is InChI=1S/C12H24.C3H8OS2/c1-3-5-7-9-11-12-10-8-6-4-2;4-1-3(6)2-5/h3H,1,4-12H2,2H3;3-6H,1-2H2. The second-order valence-corrected chi connectivity index (χ2v) is 5.67. The van der Waals surface area contributed by atoms with Crippen molar-refractivity contribution in [2.24, 2.45) is 0 Å². The van der Waals surface area contributed by atoms with Crippen molar-refractivity contribution in [3.05, 3.63) is 12.7 Å². The summed E-state index contributed by atoms with van der Waals surface area (Å²) in [7, 11) is 0. The summed E-state index contributed by atoms with van der Waals surface area (Å²) >= 11 is 7.76. The number of hydrogen-bond donors (Lipinski definition) is 3. The Morgan fingerprint density at radius 1 is 1.06 bits per heavy atom. The number of unbranched alkanes of at least 4 members (excludes halogenated alkanes) is 8. The monoisotopic (exact) mass is 292 g/mol. The molecule has 0 saturated heterocycles. The molecule has 1 N–H and O–H groups in total. The quantitative estimate of drug-likeness (QED) is 0.281. The molecule has 1 atom stereocenters. The molecule has 0 bridgehead atoms. The first-order valence-corrected chi connectivity index (χ1v) is 8.38. The van der Waals surface area contributed by atoms with Gasteiger partial charge < -0.3 is 5.11 Å². The number of aliphatic hydroxyl groups is 1. The van der Waals surface area contributed by atoms with E-state index in [9.17, 15) is 0 Å². The van der Waals surface area contributed by atoms with Crippen LogP contribution in [0.3, 0.4) is 0 Å². The molecule has 110 valence electrons. The predicted octanol–water partition coefficient (Wildman–Crippen LogP) is 4.91. The third-order valence-corrected chi connectivity index (χ3v) is 3.76. The van der Waals surface area contributed by atoms with E-state index in [4.69, 9.17) is 5.11 Å². The minimum atomic E-state index is 0.0494. The van der Waals surface area contributed by atoms with Gasteiger partial charge in [0.15, 0.2) is 0 Å². The van der Waals surface area contributed by atoms with Crippen LogP contribution in [-0.2, 0) is 0 Å². The highest BCUT2D eigenvalue weighted by molar-refractivity contribution is 7.84. The smallest absolute Gasteiger partial charge is 0.0555 e. The van der Waals surface area contributed by atoms with Crippen LogP contribution in [0, 0.1) is 0 Å². The van der Waals surface area contributed by atoms with Crippen molar-refractivity contribution < 1.29 is 5.11 Å². The maximum Gasteiger partial charge on any atom is 0.0555 e. The van der Waals surface area contributed by atoms with Crippen LogP contribution in [0.4, 0.5) is 0 Å². The van der Waals surface area contributed by atoms with Crippen LogP contribution >= 0.6 is 25.3 Å². The maximum atomic E-state index is 8.21. The van der Waals surface area contributed by atoms with E-state index in [0.717, 1.165) is 0 Å². The van der Waals surface area contributed by atoms with E-state index in [1.165, 1.54) is 57.8 Å². The Hall–Kier alpha value is 0.400. The molecular weight excluding hydrogens is 260 g/mol. The fourth-order valence-electron chi connectivity index (χ4n) is 1.48. The van der Waals surface area contributed by atoms with E-state index in [0.29, 0.717) is 5.75 Å². The van der Waals surface area contributed by atoms with E-state index in [1.807, 2.05) is 6.08 Å². The number of aliphatic hydroxyl groups excluding tert-OH is 1. The summed E-state index contributed by atoms with van der Waals surface area (Å²) in [4.78, 5) is 0. The van der Waals surface area contributed by atoms with Crippen LogP contribution in [0.5, 0.6) is 0 Å². The lowest BCUT2D eigenvalue weighted by Crippen LogP contribution is -2.04. The summed E-state index contributed by atoms with van der Waals surface area (Å²) in [5.74, 6) is 0.639. The third-order valence-electron chi connectivity index (χ3n) is 2.68. The molecule has 0 fully saturated rings. The molecule has 0 aromatic rings. The highest BCUT2D eigenvalue weighted by atomic mass is 32.1. The molecule has 0 aromatic heterocycles. The second kappa shape index (κ2) is 19.7. The van der Waals surface area contributed by atoms with Gasteiger partial charge in [0.2, 0.25) is 0 Å². The van der Waals surface area contributed by atoms with Crippen LogP contribution < -0.4 is 0 Å². The first kappa shape index (κ1) is 20.7. The molecule has 1 unspecified atom stereocenters. The first-order valence-electron chi connectivity index (χ1n) is 7.23. The van der Waals surface area contributed by atoms with Gasteiger partial charge in [-0.25, -0.2) is 0 Å². The molecule has 0 heterocycles. The topological polar surface area (TPSA) is 20.2 Å². The van der Waals surface area contributed by atoms with Crippen LogP contribution in [0.25, 0.3) is 0 Å². The van der Waals surface area contributed by atoms with Gasteiger partial charge in [0.05, 0.1) is 6.61 Å². The summed E-state index contributed by atoms with van der Waals surface area (Å²) in [6.07, 6.45) is 14.5. The SMILES string of the molecule is C=CCCCCCCCCCC.OCC(S)CS. The van der Waals surface area contributed by atoms with Crippen molar-refractivity contribution >= 4 is 25.3 Å². The minimum Gasteiger partial charge on any atom is -0.395 e. The largest absolute Gasteiger partial charge is 0.395 e. The predicted molar refractivity (Wildman–Crippen MR) is 91.1 cm³/mol. The minimum absolute atomic E-state index is 0.0494. The lowest BCUT2D eigenvalue weighted by Gasteiger charge is -1.99. The summed E-state index contributed by atoms with van der Waals surface area (Å²) in [5, 5.41) is 8.26. The van der Waals surface area contributed by atoms with Crippen molar-refractivity contribution in [2.45, 2.75) is 70.0 Å². The first-order chi connectivity index (χ1) is 8.72. The van der Waals surface area contributed by atoms with Crippen LogP contribution in [0.1, 0.15) is 64.7 Å². The highest BCUT2D eigenvalue weighted by Gasteiger charge is 1.92. The van der Waals surface area contributed by atoms with Crippen molar-refractivity contribution in [3.63, 3.8) is 0 Å². The summed E-state index contributed by atoms with van der Waals surface area (Å²) in [5.41, 5.74) is 0. The highest BCUT2D eigenvalue weighted by Crippen LogP contribution is 2.09. The second-order valence-electron chi connectivity index (χ2n) is 4.57. The van der Waals surface area contributed by atoms with Crippen molar-refractivity contribution in [3.8, 4) is 0 Å². The molecular formula is C15H32OS2. The van der Waals surface area contributed by atoms with Crippen molar-refractivity contribution in [2.75, 3.05) is 12.4 Å². The van der Waals surface area contributed by atoms with Crippen LogP contribution in [0.2, 0.25) is 0 Å². The van der Waals surface area contributed by atoms with Crippen molar-refractivity contribution in [1.82, 2.24) is 0 Å². The van der Waals surface area contributed by atoms with Gasteiger partial charge in [-0.2, -0.15) is 25.3 Å². The van der Waals surface area contributed by atoms with E-state index in [-0.39, 0.29) is 11.9 Å². The number of hydrogen-bond acceptors (Lipinski definition) is 3. The fraction of sp³-hybridized carbons (Fsp3) is 0.867. The Morgan fingerprint density at radius 2 is 1.56 bits per heavy atom. The molecule has 0 aliphatic carbocycles. The van der Waals surface area contributed by atoms with E-state index < -0.39 is 0 Å². The van der Waals surface area contributed by atoms with Gasteiger partial charge in [-0.3, -0.25) is 0 Å². The molecule has 18 heavy (non-hydrogen) atoms.